The van der Waals surface area contributed by atoms with Gasteiger partial charge in [0, 0.05) is 22.6 Å². The van der Waals surface area contributed by atoms with Crippen molar-refractivity contribution in [2.45, 2.75) is 83.1 Å². The summed E-state index contributed by atoms with van der Waals surface area (Å²) in [4.78, 5) is 26.5. The van der Waals surface area contributed by atoms with Gasteiger partial charge in [-0.1, -0.05) is 89.2 Å². The quantitative estimate of drug-likeness (QED) is 0.436. The van der Waals surface area contributed by atoms with Gasteiger partial charge in [0.05, 0.1) is 0 Å². The number of carbonyl (C=O) groups is 2. The minimum Gasteiger partial charge on any atom is -0.294 e. The Balaban J connectivity index is 2.72. The zero-order valence-electron chi connectivity index (χ0n) is 21.8. The van der Waals surface area contributed by atoms with Gasteiger partial charge < -0.3 is 0 Å². The second-order valence-corrected chi connectivity index (χ2v) is 13.3. The molecule has 2 aliphatic carbocycles. The van der Waals surface area contributed by atoms with Crippen molar-refractivity contribution in [3.63, 3.8) is 0 Å². The minimum absolute atomic E-state index is 0.142. The number of allylic oxidation sites excluding steroid dienone is 10. The third kappa shape index (κ3) is 5.64. The maximum absolute atomic E-state index is 13.3. The van der Waals surface area contributed by atoms with Gasteiger partial charge in [0.25, 0.3) is 0 Å². The smallest absolute Gasteiger partial charge is 0.186 e. The maximum atomic E-state index is 13.3. The zero-order chi connectivity index (χ0) is 24.2. The number of Topliss-reactive ketones (excluding diaryl/α,β-unsaturated/α-hetero) is 2. The summed E-state index contributed by atoms with van der Waals surface area (Å²) < 4.78 is 0. The predicted molar refractivity (Wildman–Crippen MR) is 132 cm³/mol. The average Bonchev–Trinajstić information content (AvgIpc) is 2.53. The van der Waals surface area contributed by atoms with E-state index in [0.29, 0.717) is 0 Å². The van der Waals surface area contributed by atoms with E-state index in [2.05, 4.69) is 95.2 Å². The first-order valence-electron chi connectivity index (χ1n) is 11.4. The van der Waals surface area contributed by atoms with E-state index >= 15 is 0 Å². The molecular weight excluding hydrogens is 380 g/mol. The first-order chi connectivity index (χ1) is 13.7. The highest BCUT2D eigenvalue weighted by molar-refractivity contribution is 6.12. The molecule has 0 N–H and O–H groups in total. The van der Waals surface area contributed by atoms with Crippen molar-refractivity contribution in [1.82, 2.24) is 0 Å². The number of carbonyl (C=O) groups excluding carboxylic acids is 2. The summed E-state index contributed by atoms with van der Waals surface area (Å²) in [6.07, 6.45) is 10.4. The largest absolute Gasteiger partial charge is 0.294 e. The molecule has 2 aliphatic rings. The van der Waals surface area contributed by atoms with E-state index in [4.69, 9.17) is 0 Å². The molecule has 2 nitrogen and oxygen atoms in total. The van der Waals surface area contributed by atoms with Crippen LogP contribution in [-0.4, -0.2) is 11.6 Å². The molecule has 0 spiro atoms. The molecule has 0 aromatic rings. The van der Waals surface area contributed by atoms with Gasteiger partial charge in [-0.3, -0.25) is 9.59 Å². The van der Waals surface area contributed by atoms with E-state index < -0.39 is 0 Å². The SMILES string of the molecule is CC(C)(C)C1=CC(=CC2=CC(C(C)(C)C)C(=O)C(C(C)(C)C)=C2)C=C(C(C)(C)C)C1=O. The fourth-order valence-corrected chi connectivity index (χ4v) is 4.08. The summed E-state index contributed by atoms with van der Waals surface area (Å²) in [7, 11) is 0. The van der Waals surface area contributed by atoms with E-state index in [-0.39, 0.29) is 39.1 Å². The van der Waals surface area contributed by atoms with Gasteiger partial charge in [0.2, 0.25) is 0 Å². The highest BCUT2D eigenvalue weighted by atomic mass is 16.1. The minimum atomic E-state index is -0.238. The fraction of sp³-hybridized carbons (Fsp3) is 0.586. The predicted octanol–water partition coefficient (Wildman–Crippen LogP) is 7.58. The molecule has 0 fully saturated rings. The van der Waals surface area contributed by atoms with Gasteiger partial charge in [-0.05, 0) is 57.1 Å². The molecule has 0 saturated carbocycles. The summed E-state index contributed by atoms with van der Waals surface area (Å²) in [6.45, 7) is 25.2. The Bertz CT molecular complexity index is 895. The zero-order valence-corrected chi connectivity index (χ0v) is 21.8. The molecule has 0 heterocycles. The van der Waals surface area contributed by atoms with Crippen LogP contribution >= 0.6 is 0 Å². The third-order valence-electron chi connectivity index (χ3n) is 6.02. The Labute approximate surface area is 190 Å². The molecule has 2 heteroatoms. The van der Waals surface area contributed by atoms with E-state index in [1.54, 1.807) is 0 Å². The van der Waals surface area contributed by atoms with Gasteiger partial charge in [-0.2, -0.15) is 0 Å². The lowest BCUT2D eigenvalue weighted by molar-refractivity contribution is -0.121. The van der Waals surface area contributed by atoms with Crippen molar-refractivity contribution in [1.29, 1.82) is 0 Å². The van der Waals surface area contributed by atoms with Crippen molar-refractivity contribution >= 4 is 11.6 Å². The summed E-state index contributed by atoms with van der Waals surface area (Å²) in [6, 6.07) is 0. The molecular formula is C29H42O2. The maximum Gasteiger partial charge on any atom is 0.186 e. The van der Waals surface area contributed by atoms with Crippen LogP contribution < -0.4 is 0 Å². The average molecular weight is 423 g/mol. The van der Waals surface area contributed by atoms with Crippen LogP contribution in [0.3, 0.4) is 0 Å². The monoisotopic (exact) mass is 422 g/mol. The molecule has 1 atom stereocenters. The second kappa shape index (κ2) is 7.87. The van der Waals surface area contributed by atoms with E-state index in [1.165, 1.54) is 0 Å². The number of hydrogen-bond acceptors (Lipinski definition) is 2. The number of ketones is 2. The van der Waals surface area contributed by atoms with Crippen molar-refractivity contribution < 1.29 is 9.59 Å². The van der Waals surface area contributed by atoms with Crippen molar-refractivity contribution in [3.8, 4) is 0 Å². The molecule has 0 aromatic carbocycles. The number of hydrogen-bond donors (Lipinski definition) is 0. The van der Waals surface area contributed by atoms with Gasteiger partial charge in [-0.15, -0.1) is 0 Å². The van der Waals surface area contributed by atoms with Crippen LogP contribution in [0.1, 0.15) is 83.1 Å². The topological polar surface area (TPSA) is 34.1 Å². The normalized spacial score (nSPS) is 21.4. The van der Waals surface area contributed by atoms with Crippen molar-refractivity contribution in [2.24, 2.45) is 27.6 Å². The highest BCUT2D eigenvalue weighted by Crippen LogP contribution is 2.42. The number of rotatable bonds is 1. The van der Waals surface area contributed by atoms with Crippen LogP contribution in [0, 0.1) is 27.6 Å². The molecule has 0 aromatic heterocycles. The molecule has 31 heavy (non-hydrogen) atoms. The fourth-order valence-electron chi connectivity index (χ4n) is 4.08. The van der Waals surface area contributed by atoms with Gasteiger partial charge in [-0.25, -0.2) is 0 Å². The van der Waals surface area contributed by atoms with Gasteiger partial charge in [0.15, 0.2) is 11.6 Å². The third-order valence-corrected chi connectivity index (χ3v) is 6.02. The Morgan fingerprint density at radius 2 is 1.06 bits per heavy atom. The highest BCUT2D eigenvalue weighted by Gasteiger charge is 2.38. The summed E-state index contributed by atoms with van der Waals surface area (Å²) >= 11 is 0. The lowest BCUT2D eigenvalue weighted by Crippen LogP contribution is -2.34. The molecule has 0 radical (unpaired) electrons. The van der Waals surface area contributed by atoms with E-state index in [9.17, 15) is 9.59 Å². The molecule has 0 saturated heterocycles. The van der Waals surface area contributed by atoms with E-state index in [0.717, 1.165) is 27.9 Å². The van der Waals surface area contributed by atoms with Crippen LogP contribution in [0.5, 0.6) is 0 Å². The van der Waals surface area contributed by atoms with Crippen LogP contribution in [0.4, 0.5) is 0 Å². The lowest BCUT2D eigenvalue weighted by atomic mass is 9.68. The lowest BCUT2D eigenvalue weighted by Gasteiger charge is -2.35. The molecule has 2 rings (SSSR count). The van der Waals surface area contributed by atoms with Crippen molar-refractivity contribution in [3.05, 3.63) is 58.2 Å². The van der Waals surface area contributed by atoms with E-state index in [1.807, 2.05) is 18.2 Å². The Morgan fingerprint density at radius 3 is 1.42 bits per heavy atom. The molecule has 0 amide bonds. The molecule has 170 valence electrons. The molecule has 1 unspecified atom stereocenters. The van der Waals surface area contributed by atoms with Crippen LogP contribution in [0.15, 0.2) is 58.2 Å². The molecule has 0 bridgehead atoms. The van der Waals surface area contributed by atoms with Crippen LogP contribution in [-0.2, 0) is 9.59 Å². The van der Waals surface area contributed by atoms with Gasteiger partial charge in [0.1, 0.15) is 0 Å². The van der Waals surface area contributed by atoms with Gasteiger partial charge >= 0.3 is 0 Å². The van der Waals surface area contributed by atoms with Crippen molar-refractivity contribution in [2.75, 3.05) is 0 Å². The summed E-state index contributed by atoms with van der Waals surface area (Å²) in [5.74, 6) is 0.196. The van der Waals surface area contributed by atoms with Crippen LogP contribution in [0.2, 0.25) is 0 Å². The first kappa shape index (κ1) is 25.3. The summed E-state index contributed by atoms with van der Waals surface area (Å²) in [5.41, 5.74) is 3.75. The molecule has 0 aliphatic heterocycles. The second-order valence-electron chi connectivity index (χ2n) is 13.3. The Kier molecular flexibility index (Phi) is 6.42. The Morgan fingerprint density at radius 1 is 0.645 bits per heavy atom. The Hall–Kier alpha value is -1.96. The summed E-state index contributed by atoms with van der Waals surface area (Å²) in [5, 5.41) is 0. The van der Waals surface area contributed by atoms with Crippen LogP contribution in [0.25, 0.3) is 0 Å². The first-order valence-corrected chi connectivity index (χ1v) is 11.4. The standard InChI is InChI=1S/C29H42O2/c1-26(2,3)20-14-18(15-21(24(20)30)27(4,5)6)13-19-16-22(28(7,8)9)25(31)23(17-19)29(10,11)12/h13-17,20H,1-12H3.